The number of nitrogens with zero attached hydrogens (tertiary/aromatic N) is 3. The first-order chi connectivity index (χ1) is 15.3. The van der Waals surface area contributed by atoms with E-state index in [2.05, 4.69) is 24.0 Å². The minimum Gasteiger partial charge on any atom is -0.450 e. The van der Waals surface area contributed by atoms with Crippen LogP contribution in [0.25, 0.3) is 11.0 Å². The standard InChI is InChI=1S/C23H17Cl2N3O3S/c1-11(2)9-17-26-27-23(32-17)28-19(12-7-8-14(24)15(25)10-12)18-20(29)13-5-3-4-6-16(13)31-21(18)22(28)30/h3-8,10-11,19H,9H2,1-2H3/t19-/m0/s1. The van der Waals surface area contributed by atoms with Gasteiger partial charge < -0.3 is 4.42 Å². The average Bonchev–Trinajstić information content (AvgIpc) is 3.32. The molecular weight excluding hydrogens is 469 g/mol. The van der Waals surface area contributed by atoms with Crippen LogP contribution in [0, 0.1) is 5.92 Å². The van der Waals surface area contributed by atoms with Crippen LogP contribution in [0.4, 0.5) is 5.13 Å². The van der Waals surface area contributed by atoms with E-state index in [1.807, 2.05) is 0 Å². The van der Waals surface area contributed by atoms with Gasteiger partial charge in [0.15, 0.2) is 5.43 Å². The summed E-state index contributed by atoms with van der Waals surface area (Å²) in [6.07, 6.45) is 0.741. The summed E-state index contributed by atoms with van der Waals surface area (Å²) >= 11 is 13.7. The summed E-state index contributed by atoms with van der Waals surface area (Å²) in [6.45, 7) is 4.18. The second-order valence-corrected chi connectivity index (χ2v) is 9.85. The summed E-state index contributed by atoms with van der Waals surface area (Å²) in [5, 5.41) is 10.9. The van der Waals surface area contributed by atoms with Crippen LogP contribution in [0.1, 0.15) is 46.6 Å². The first-order valence-corrected chi connectivity index (χ1v) is 11.6. The number of halogens is 2. The molecule has 162 valence electrons. The Labute approximate surface area is 197 Å². The fraction of sp³-hybridized carbons (Fsp3) is 0.217. The maximum atomic E-state index is 13.5. The van der Waals surface area contributed by atoms with Crippen molar-refractivity contribution in [3.8, 4) is 0 Å². The zero-order valence-electron chi connectivity index (χ0n) is 17.1. The number of fused-ring (bicyclic) bond motifs is 2. The van der Waals surface area contributed by atoms with E-state index in [1.165, 1.54) is 16.2 Å². The third-order valence-corrected chi connectivity index (χ3v) is 6.97. The van der Waals surface area contributed by atoms with Crippen LogP contribution in [0.5, 0.6) is 0 Å². The highest BCUT2D eigenvalue weighted by Crippen LogP contribution is 2.43. The van der Waals surface area contributed by atoms with Gasteiger partial charge in [-0.15, -0.1) is 10.2 Å². The van der Waals surface area contributed by atoms with Crippen molar-refractivity contribution in [3.05, 3.63) is 84.6 Å². The second-order valence-electron chi connectivity index (χ2n) is 8.00. The zero-order chi connectivity index (χ0) is 22.6. The number of amides is 1. The quantitative estimate of drug-likeness (QED) is 0.359. The molecule has 0 saturated heterocycles. The molecule has 1 atom stereocenters. The molecule has 0 radical (unpaired) electrons. The lowest BCUT2D eigenvalue weighted by molar-refractivity contribution is 0.0970. The van der Waals surface area contributed by atoms with Gasteiger partial charge >= 0.3 is 0 Å². The molecule has 1 aliphatic heterocycles. The van der Waals surface area contributed by atoms with Gasteiger partial charge in [0.05, 0.1) is 27.0 Å². The number of hydrogen-bond acceptors (Lipinski definition) is 6. The second kappa shape index (κ2) is 7.99. The van der Waals surface area contributed by atoms with Crippen LogP contribution in [-0.4, -0.2) is 16.1 Å². The molecule has 0 N–H and O–H groups in total. The lowest BCUT2D eigenvalue weighted by atomic mass is 9.99. The lowest BCUT2D eigenvalue weighted by Crippen LogP contribution is -2.29. The molecule has 3 heterocycles. The van der Waals surface area contributed by atoms with E-state index in [4.69, 9.17) is 27.6 Å². The minimum atomic E-state index is -0.757. The summed E-state index contributed by atoms with van der Waals surface area (Å²) in [7, 11) is 0. The van der Waals surface area contributed by atoms with Crippen LogP contribution in [0.3, 0.4) is 0 Å². The van der Waals surface area contributed by atoms with Crippen molar-refractivity contribution in [1.29, 1.82) is 0 Å². The lowest BCUT2D eigenvalue weighted by Gasteiger charge is -2.22. The molecule has 2 aromatic carbocycles. The number of aromatic nitrogens is 2. The molecule has 1 aliphatic rings. The van der Waals surface area contributed by atoms with Crippen molar-refractivity contribution < 1.29 is 9.21 Å². The van der Waals surface area contributed by atoms with E-state index < -0.39 is 11.9 Å². The largest absolute Gasteiger partial charge is 0.450 e. The van der Waals surface area contributed by atoms with Gasteiger partial charge in [-0.25, -0.2) is 0 Å². The van der Waals surface area contributed by atoms with Crippen molar-refractivity contribution >= 4 is 56.5 Å². The Morgan fingerprint density at radius 3 is 2.62 bits per heavy atom. The van der Waals surface area contributed by atoms with E-state index in [9.17, 15) is 9.59 Å². The van der Waals surface area contributed by atoms with Crippen molar-refractivity contribution in [2.75, 3.05) is 4.90 Å². The molecule has 2 aromatic heterocycles. The maximum Gasteiger partial charge on any atom is 0.297 e. The molecule has 6 nitrogen and oxygen atoms in total. The monoisotopic (exact) mass is 485 g/mol. The molecular formula is C23H17Cl2N3O3S. The van der Waals surface area contributed by atoms with Gasteiger partial charge in [0, 0.05) is 6.42 Å². The molecule has 0 unspecified atom stereocenters. The molecule has 0 bridgehead atoms. The first-order valence-electron chi connectivity index (χ1n) is 10.0. The van der Waals surface area contributed by atoms with Gasteiger partial charge in [-0.05, 0) is 35.7 Å². The van der Waals surface area contributed by atoms with Crippen molar-refractivity contribution in [1.82, 2.24) is 10.2 Å². The Balaban J connectivity index is 1.75. The smallest absolute Gasteiger partial charge is 0.297 e. The minimum absolute atomic E-state index is 0.00498. The van der Waals surface area contributed by atoms with Gasteiger partial charge in [-0.3, -0.25) is 14.5 Å². The Morgan fingerprint density at radius 1 is 1.09 bits per heavy atom. The van der Waals surface area contributed by atoms with Crippen LogP contribution in [0.2, 0.25) is 10.0 Å². The van der Waals surface area contributed by atoms with Crippen molar-refractivity contribution in [2.45, 2.75) is 26.3 Å². The normalized spacial score (nSPS) is 15.7. The van der Waals surface area contributed by atoms with E-state index >= 15 is 0 Å². The number of benzene rings is 2. The van der Waals surface area contributed by atoms with E-state index in [0.717, 1.165) is 11.4 Å². The Hall–Kier alpha value is -2.74. The third-order valence-electron chi connectivity index (χ3n) is 5.28. The molecule has 0 spiro atoms. The highest BCUT2D eigenvalue weighted by atomic mass is 35.5. The number of carbonyl (C=O) groups is 1. The van der Waals surface area contributed by atoms with Gasteiger partial charge in [-0.2, -0.15) is 0 Å². The molecule has 32 heavy (non-hydrogen) atoms. The molecule has 1 amide bonds. The van der Waals surface area contributed by atoms with Gasteiger partial charge in [0.2, 0.25) is 10.9 Å². The molecule has 9 heteroatoms. The van der Waals surface area contributed by atoms with E-state index in [-0.39, 0.29) is 16.8 Å². The number of hydrogen-bond donors (Lipinski definition) is 0. The fourth-order valence-corrected chi connectivity index (χ4v) is 5.27. The number of rotatable bonds is 4. The summed E-state index contributed by atoms with van der Waals surface area (Å²) in [5.74, 6) is -0.0433. The third kappa shape index (κ3) is 3.41. The van der Waals surface area contributed by atoms with Crippen molar-refractivity contribution in [3.63, 3.8) is 0 Å². The first kappa shape index (κ1) is 21.1. The summed E-state index contributed by atoms with van der Waals surface area (Å²) < 4.78 is 5.93. The fourth-order valence-electron chi connectivity index (χ4n) is 3.89. The van der Waals surface area contributed by atoms with Crippen LogP contribution >= 0.6 is 34.5 Å². The molecule has 5 rings (SSSR count). The zero-order valence-corrected chi connectivity index (χ0v) is 19.5. The highest BCUT2D eigenvalue weighted by molar-refractivity contribution is 7.15. The number of carbonyl (C=O) groups excluding carboxylic acids is 1. The highest BCUT2D eigenvalue weighted by Gasteiger charge is 2.45. The van der Waals surface area contributed by atoms with Gasteiger partial charge in [-0.1, -0.05) is 66.6 Å². The SMILES string of the molecule is CC(C)Cc1nnc(N2C(=O)c3oc4ccccc4c(=O)c3[C@@H]2c2ccc(Cl)c(Cl)c2)s1. The molecule has 0 aliphatic carbocycles. The van der Waals surface area contributed by atoms with Crippen LogP contribution in [0.15, 0.2) is 51.7 Å². The topological polar surface area (TPSA) is 76.3 Å². The van der Waals surface area contributed by atoms with Gasteiger partial charge in [0.25, 0.3) is 5.91 Å². The van der Waals surface area contributed by atoms with Crippen LogP contribution in [-0.2, 0) is 6.42 Å². The Kier molecular flexibility index (Phi) is 5.28. The molecule has 4 aromatic rings. The predicted octanol–water partition coefficient (Wildman–Crippen LogP) is 5.90. The van der Waals surface area contributed by atoms with Crippen molar-refractivity contribution in [2.24, 2.45) is 5.92 Å². The number of anilines is 1. The summed E-state index contributed by atoms with van der Waals surface area (Å²) in [4.78, 5) is 28.5. The Bertz CT molecular complexity index is 1430. The van der Waals surface area contributed by atoms with Gasteiger partial charge in [0.1, 0.15) is 10.6 Å². The molecule has 0 fully saturated rings. The molecule has 0 saturated carbocycles. The van der Waals surface area contributed by atoms with E-state index in [1.54, 1.807) is 42.5 Å². The summed E-state index contributed by atoms with van der Waals surface area (Å²) in [6, 6.07) is 11.2. The van der Waals surface area contributed by atoms with Crippen LogP contribution < -0.4 is 10.3 Å². The maximum absolute atomic E-state index is 13.5. The Morgan fingerprint density at radius 2 is 1.88 bits per heavy atom. The number of para-hydroxylation sites is 1. The van der Waals surface area contributed by atoms with E-state index in [0.29, 0.717) is 37.6 Å². The average molecular weight is 486 g/mol. The summed E-state index contributed by atoms with van der Waals surface area (Å²) in [5.41, 5.74) is 0.986. The predicted molar refractivity (Wildman–Crippen MR) is 126 cm³/mol.